The number of carbonyl (C=O) groups is 2. The first-order valence-electron chi connectivity index (χ1n) is 12.6. The Morgan fingerprint density at radius 1 is 1.03 bits per heavy atom. The molecule has 2 aromatic carbocycles. The zero-order valence-electron chi connectivity index (χ0n) is 22.8. The summed E-state index contributed by atoms with van der Waals surface area (Å²) < 4.78 is 16.8. The third-order valence-corrected chi connectivity index (χ3v) is 6.42. The highest BCUT2D eigenvalue weighted by molar-refractivity contribution is 6.46. The summed E-state index contributed by atoms with van der Waals surface area (Å²) in [5.41, 5.74) is 2.06. The van der Waals surface area contributed by atoms with Crippen molar-refractivity contribution in [1.82, 2.24) is 9.80 Å². The first-order valence-corrected chi connectivity index (χ1v) is 12.6. The molecule has 0 aliphatic carbocycles. The van der Waals surface area contributed by atoms with Gasteiger partial charge in [0.1, 0.15) is 11.5 Å². The van der Waals surface area contributed by atoms with E-state index in [4.69, 9.17) is 14.2 Å². The second-order valence-corrected chi connectivity index (χ2v) is 9.67. The Kier molecular flexibility index (Phi) is 9.21. The molecule has 8 heteroatoms. The van der Waals surface area contributed by atoms with E-state index in [-0.39, 0.29) is 17.3 Å². The van der Waals surface area contributed by atoms with Crippen molar-refractivity contribution in [2.45, 2.75) is 39.2 Å². The van der Waals surface area contributed by atoms with E-state index in [2.05, 4.69) is 0 Å². The molecule has 1 amide bonds. The minimum Gasteiger partial charge on any atom is -0.507 e. The number of ether oxygens (including phenoxy) is 3. The first-order chi connectivity index (χ1) is 17.6. The van der Waals surface area contributed by atoms with E-state index in [0.717, 1.165) is 12.0 Å². The van der Waals surface area contributed by atoms with E-state index in [1.165, 1.54) is 4.90 Å². The number of hydrogen-bond donors (Lipinski definition) is 1. The normalized spacial score (nSPS) is 17.1. The smallest absolute Gasteiger partial charge is 0.295 e. The van der Waals surface area contributed by atoms with Gasteiger partial charge in [0, 0.05) is 18.7 Å². The lowest BCUT2D eigenvalue weighted by Crippen LogP contribution is -2.35. The van der Waals surface area contributed by atoms with Crippen LogP contribution in [0.1, 0.15) is 55.8 Å². The van der Waals surface area contributed by atoms with Gasteiger partial charge in [-0.05, 0) is 67.9 Å². The highest BCUT2D eigenvalue weighted by atomic mass is 16.5. The molecule has 1 atom stereocenters. The molecule has 3 rings (SSSR count). The molecule has 1 fully saturated rings. The zero-order chi connectivity index (χ0) is 27.3. The molecule has 2 aromatic rings. The monoisotopic (exact) mass is 510 g/mol. The molecule has 0 aromatic heterocycles. The molecule has 0 radical (unpaired) electrons. The third-order valence-electron chi connectivity index (χ3n) is 6.42. The van der Waals surface area contributed by atoms with Crippen molar-refractivity contribution in [2.75, 3.05) is 48.0 Å². The lowest BCUT2D eigenvalue weighted by atomic mass is 9.93. The number of benzene rings is 2. The molecule has 1 saturated heterocycles. The molecule has 1 N–H and O–H groups in total. The maximum Gasteiger partial charge on any atom is 0.295 e. The Bertz CT molecular complexity index is 1170. The Hall–Kier alpha value is -3.52. The highest BCUT2D eigenvalue weighted by Gasteiger charge is 2.46. The van der Waals surface area contributed by atoms with Gasteiger partial charge < -0.3 is 29.1 Å². The molecule has 1 aliphatic rings. The second-order valence-electron chi connectivity index (χ2n) is 9.67. The number of aliphatic hydroxyl groups is 1. The summed E-state index contributed by atoms with van der Waals surface area (Å²) in [5.74, 6) is 0.328. The van der Waals surface area contributed by atoms with Crippen LogP contribution in [0.5, 0.6) is 17.2 Å². The van der Waals surface area contributed by atoms with Crippen LogP contribution in [0.2, 0.25) is 0 Å². The number of carbonyl (C=O) groups excluding carboxylic acids is 2. The van der Waals surface area contributed by atoms with Crippen molar-refractivity contribution in [3.63, 3.8) is 0 Å². The van der Waals surface area contributed by atoms with Gasteiger partial charge in [0.15, 0.2) is 11.5 Å². The fourth-order valence-corrected chi connectivity index (χ4v) is 4.44. The summed E-state index contributed by atoms with van der Waals surface area (Å²) >= 11 is 0. The number of likely N-dealkylation sites (N-methyl/N-ethyl adjacent to an activating group) is 1. The molecule has 0 bridgehead atoms. The van der Waals surface area contributed by atoms with Crippen molar-refractivity contribution in [3.05, 3.63) is 58.7 Å². The van der Waals surface area contributed by atoms with Crippen LogP contribution in [0.3, 0.4) is 0 Å². The molecule has 1 unspecified atom stereocenters. The standard InChI is InChI=1S/C29H38N2O6/c1-8-15-37-24-17-19(9-12-23(24)36-7)26-25(28(33)29(34)31(26)14-13-30(4)5)27(32)20-10-11-22(35-6)21(16-20)18(2)3/h9-12,16-18,26,32H,8,13-15H2,1-7H3/b27-25+. The lowest BCUT2D eigenvalue weighted by Gasteiger charge is -2.27. The molecule has 1 aliphatic heterocycles. The summed E-state index contributed by atoms with van der Waals surface area (Å²) in [7, 11) is 6.97. The number of ketones is 1. The minimum absolute atomic E-state index is 0.0511. The summed E-state index contributed by atoms with van der Waals surface area (Å²) in [4.78, 5) is 30.1. The predicted molar refractivity (Wildman–Crippen MR) is 143 cm³/mol. The van der Waals surface area contributed by atoms with Gasteiger partial charge in [-0.1, -0.05) is 26.8 Å². The molecule has 8 nitrogen and oxygen atoms in total. The van der Waals surface area contributed by atoms with Gasteiger partial charge >= 0.3 is 0 Å². The fraction of sp³-hybridized carbons (Fsp3) is 0.448. The topological polar surface area (TPSA) is 88.5 Å². The molecular formula is C29H38N2O6. The van der Waals surface area contributed by atoms with Crippen molar-refractivity contribution in [3.8, 4) is 17.2 Å². The predicted octanol–water partition coefficient (Wildman–Crippen LogP) is 4.60. The number of methoxy groups -OCH3 is 2. The number of aliphatic hydroxyl groups excluding tert-OH is 1. The summed E-state index contributed by atoms with van der Waals surface area (Å²) in [6.45, 7) is 7.42. The fourth-order valence-electron chi connectivity index (χ4n) is 4.44. The van der Waals surface area contributed by atoms with E-state index in [9.17, 15) is 14.7 Å². The highest BCUT2D eigenvalue weighted by Crippen LogP contribution is 2.42. The zero-order valence-corrected chi connectivity index (χ0v) is 22.8. The Morgan fingerprint density at radius 3 is 2.30 bits per heavy atom. The van der Waals surface area contributed by atoms with Crippen LogP contribution in [0.15, 0.2) is 42.0 Å². The minimum atomic E-state index is -0.778. The van der Waals surface area contributed by atoms with Crippen LogP contribution in [-0.4, -0.2) is 74.6 Å². The third kappa shape index (κ3) is 5.91. The SMILES string of the molecule is CCCOc1cc(C2/C(=C(\O)c3ccc(OC)c(C(C)C)c3)C(=O)C(=O)N2CCN(C)C)ccc1OC. The number of amides is 1. The average molecular weight is 511 g/mol. The van der Waals surface area contributed by atoms with Crippen LogP contribution in [-0.2, 0) is 9.59 Å². The Morgan fingerprint density at radius 2 is 1.70 bits per heavy atom. The van der Waals surface area contributed by atoms with Crippen LogP contribution in [0.4, 0.5) is 0 Å². The van der Waals surface area contributed by atoms with Crippen molar-refractivity contribution >= 4 is 17.4 Å². The Labute approximate surface area is 219 Å². The maximum absolute atomic E-state index is 13.4. The summed E-state index contributed by atoms with van der Waals surface area (Å²) in [6, 6.07) is 9.86. The number of likely N-dealkylation sites (tertiary alicyclic amines) is 1. The molecule has 37 heavy (non-hydrogen) atoms. The van der Waals surface area contributed by atoms with Gasteiger partial charge in [-0.15, -0.1) is 0 Å². The number of rotatable bonds is 11. The van der Waals surface area contributed by atoms with E-state index >= 15 is 0 Å². The summed E-state index contributed by atoms with van der Waals surface area (Å²) in [6.07, 6.45) is 0.810. The van der Waals surface area contributed by atoms with Crippen molar-refractivity contribution in [2.24, 2.45) is 0 Å². The van der Waals surface area contributed by atoms with E-state index in [1.54, 1.807) is 44.6 Å². The first kappa shape index (κ1) is 28.1. The molecule has 200 valence electrons. The number of Topliss-reactive ketones (excluding diaryl/α,β-unsaturated/α-hetero) is 1. The largest absolute Gasteiger partial charge is 0.507 e. The van der Waals surface area contributed by atoms with Gasteiger partial charge in [0.2, 0.25) is 0 Å². The molecule has 1 heterocycles. The number of hydrogen-bond acceptors (Lipinski definition) is 7. The van der Waals surface area contributed by atoms with Gasteiger partial charge in [0.05, 0.1) is 32.4 Å². The Balaban J connectivity index is 2.21. The van der Waals surface area contributed by atoms with E-state index in [0.29, 0.717) is 48.1 Å². The van der Waals surface area contributed by atoms with E-state index < -0.39 is 17.7 Å². The molecule has 0 saturated carbocycles. The van der Waals surface area contributed by atoms with Crippen molar-refractivity contribution < 1.29 is 28.9 Å². The quantitative estimate of drug-likeness (QED) is 0.269. The second kappa shape index (κ2) is 12.1. The lowest BCUT2D eigenvalue weighted by molar-refractivity contribution is -0.140. The summed E-state index contributed by atoms with van der Waals surface area (Å²) in [5, 5.41) is 11.5. The van der Waals surface area contributed by atoms with Gasteiger partial charge in [0.25, 0.3) is 11.7 Å². The average Bonchev–Trinajstić information content (AvgIpc) is 3.14. The van der Waals surface area contributed by atoms with Gasteiger partial charge in [-0.25, -0.2) is 0 Å². The maximum atomic E-state index is 13.4. The number of nitrogens with zero attached hydrogens (tertiary/aromatic N) is 2. The van der Waals surface area contributed by atoms with Gasteiger partial charge in [-0.2, -0.15) is 0 Å². The van der Waals surface area contributed by atoms with Crippen molar-refractivity contribution in [1.29, 1.82) is 0 Å². The van der Waals surface area contributed by atoms with Crippen LogP contribution in [0, 0.1) is 0 Å². The van der Waals surface area contributed by atoms with E-state index in [1.807, 2.05) is 45.8 Å². The van der Waals surface area contributed by atoms with Crippen LogP contribution < -0.4 is 14.2 Å². The van der Waals surface area contributed by atoms with Crippen LogP contribution in [0.25, 0.3) is 5.76 Å². The molecular weight excluding hydrogens is 472 g/mol. The van der Waals surface area contributed by atoms with Gasteiger partial charge in [-0.3, -0.25) is 9.59 Å². The van der Waals surface area contributed by atoms with Crippen LogP contribution >= 0.6 is 0 Å². The molecule has 0 spiro atoms.